The summed E-state index contributed by atoms with van der Waals surface area (Å²) < 4.78 is 10.5. The molecule has 0 unspecified atom stereocenters. The molecule has 0 aliphatic carbocycles. The molecule has 0 saturated heterocycles. The van der Waals surface area contributed by atoms with Crippen molar-refractivity contribution in [2.75, 3.05) is 7.05 Å². The van der Waals surface area contributed by atoms with Crippen molar-refractivity contribution in [3.8, 4) is 0 Å². The first-order chi connectivity index (χ1) is 13.6. The molecule has 3 rings (SSSR count). The van der Waals surface area contributed by atoms with Gasteiger partial charge in [-0.2, -0.15) is 0 Å². The Morgan fingerprint density at radius 1 is 1.04 bits per heavy atom. The van der Waals surface area contributed by atoms with Gasteiger partial charge in [-0.05, 0) is 31.7 Å². The monoisotopic (exact) mass is 382 g/mol. The van der Waals surface area contributed by atoms with Crippen molar-refractivity contribution in [2.45, 2.75) is 51.5 Å². The Morgan fingerprint density at radius 3 is 2.46 bits per heavy atom. The van der Waals surface area contributed by atoms with Gasteiger partial charge in [0.2, 0.25) is 17.7 Å². The van der Waals surface area contributed by atoms with E-state index in [9.17, 15) is 4.79 Å². The average molecular weight is 382 g/mol. The third-order valence-electron chi connectivity index (χ3n) is 4.87. The molecule has 7 nitrogen and oxygen atoms in total. The number of carbonyl (C=O) groups is 1. The summed E-state index contributed by atoms with van der Waals surface area (Å²) in [6, 6.07) is 12.0. The number of hydrogen-bond donors (Lipinski definition) is 0. The Morgan fingerprint density at radius 2 is 1.75 bits per heavy atom. The zero-order valence-electron chi connectivity index (χ0n) is 16.4. The number of aromatic nitrogens is 3. The normalized spacial score (nSPS) is 12.1. The molecule has 0 spiro atoms. The maximum Gasteiger partial charge on any atom is 0.223 e. The van der Waals surface area contributed by atoms with Gasteiger partial charge >= 0.3 is 0 Å². The van der Waals surface area contributed by atoms with Crippen LogP contribution in [0, 0.1) is 0 Å². The molecule has 0 aliphatic heterocycles. The van der Waals surface area contributed by atoms with Crippen LogP contribution in [0.2, 0.25) is 0 Å². The van der Waals surface area contributed by atoms with Crippen LogP contribution >= 0.6 is 0 Å². The van der Waals surface area contributed by atoms with Gasteiger partial charge in [-0.15, -0.1) is 10.2 Å². The van der Waals surface area contributed by atoms with E-state index in [4.69, 9.17) is 8.94 Å². The van der Waals surface area contributed by atoms with E-state index in [0.717, 1.165) is 31.4 Å². The zero-order valence-corrected chi connectivity index (χ0v) is 16.4. The molecule has 7 heteroatoms. The molecule has 1 atom stereocenters. The molecular weight excluding hydrogens is 356 g/mol. The fraction of sp³-hybridized carbons (Fsp3) is 0.429. The second-order valence-corrected chi connectivity index (χ2v) is 6.89. The van der Waals surface area contributed by atoms with Gasteiger partial charge in [0.1, 0.15) is 12.0 Å². The summed E-state index contributed by atoms with van der Waals surface area (Å²) in [6.45, 7) is 1.91. The predicted octanol–water partition coefficient (Wildman–Crippen LogP) is 3.78. The fourth-order valence-electron chi connectivity index (χ4n) is 2.98. The molecule has 0 fully saturated rings. The van der Waals surface area contributed by atoms with Crippen LogP contribution in [0.25, 0.3) is 0 Å². The number of carbonyl (C=O) groups excluding carboxylic acids is 1. The van der Waals surface area contributed by atoms with Crippen LogP contribution in [0.4, 0.5) is 0 Å². The van der Waals surface area contributed by atoms with Crippen molar-refractivity contribution in [3.63, 3.8) is 0 Å². The number of amides is 1. The van der Waals surface area contributed by atoms with Crippen molar-refractivity contribution >= 4 is 5.91 Å². The Balaban J connectivity index is 1.38. The minimum atomic E-state index is -0.144. The second kappa shape index (κ2) is 9.82. The van der Waals surface area contributed by atoms with E-state index in [-0.39, 0.29) is 11.9 Å². The van der Waals surface area contributed by atoms with Crippen LogP contribution in [0.15, 0.2) is 51.6 Å². The quantitative estimate of drug-likeness (QED) is 0.496. The lowest BCUT2D eigenvalue weighted by molar-refractivity contribution is -0.131. The number of hydrogen-bond acceptors (Lipinski definition) is 6. The highest BCUT2D eigenvalue weighted by atomic mass is 16.5. The SMILES string of the molecule is C[C@H](c1ccon1)N(C)C(=O)CCc1nnc(CCCCc2ccccc2)o1. The van der Waals surface area contributed by atoms with Crippen LogP contribution in [-0.2, 0) is 24.1 Å². The first-order valence-corrected chi connectivity index (χ1v) is 9.64. The molecule has 0 saturated carbocycles. The number of nitrogens with zero attached hydrogens (tertiary/aromatic N) is 4. The second-order valence-electron chi connectivity index (χ2n) is 6.89. The summed E-state index contributed by atoms with van der Waals surface area (Å²) in [7, 11) is 1.76. The minimum Gasteiger partial charge on any atom is -0.425 e. The molecule has 148 valence electrons. The number of aryl methyl sites for hydroxylation is 3. The molecule has 0 aliphatic rings. The Hall–Kier alpha value is -2.96. The summed E-state index contributed by atoms with van der Waals surface area (Å²) in [5.74, 6) is 1.15. The highest BCUT2D eigenvalue weighted by Gasteiger charge is 2.20. The van der Waals surface area contributed by atoms with Crippen LogP contribution in [-0.4, -0.2) is 33.2 Å². The zero-order chi connectivity index (χ0) is 19.8. The van der Waals surface area contributed by atoms with E-state index in [0.29, 0.717) is 24.6 Å². The maximum atomic E-state index is 12.4. The van der Waals surface area contributed by atoms with E-state index < -0.39 is 0 Å². The van der Waals surface area contributed by atoms with Gasteiger partial charge in [-0.3, -0.25) is 4.79 Å². The maximum absolute atomic E-state index is 12.4. The average Bonchev–Trinajstić information content (AvgIpc) is 3.41. The van der Waals surface area contributed by atoms with E-state index in [1.54, 1.807) is 18.0 Å². The van der Waals surface area contributed by atoms with E-state index >= 15 is 0 Å². The van der Waals surface area contributed by atoms with Gasteiger partial charge in [0.25, 0.3) is 0 Å². The van der Waals surface area contributed by atoms with Gasteiger partial charge in [-0.1, -0.05) is 35.5 Å². The summed E-state index contributed by atoms with van der Waals surface area (Å²) >= 11 is 0. The standard InChI is InChI=1S/C21H26N4O3/c1-16(18-14-15-27-24-18)25(2)21(26)13-12-20-23-22-19(28-20)11-7-6-10-17-8-4-3-5-9-17/h3-5,8-9,14-16H,6-7,10-13H2,1-2H3/t16-/m1/s1. The van der Waals surface area contributed by atoms with Crippen LogP contribution in [0.1, 0.15) is 55.3 Å². The van der Waals surface area contributed by atoms with Crippen LogP contribution in [0.3, 0.4) is 0 Å². The lowest BCUT2D eigenvalue weighted by Crippen LogP contribution is -2.30. The first-order valence-electron chi connectivity index (χ1n) is 9.64. The summed E-state index contributed by atoms with van der Waals surface area (Å²) in [5.41, 5.74) is 2.07. The Kier molecular flexibility index (Phi) is 6.94. The van der Waals surface area contributed by atoms with Gasteiger partial charge in [0, 0.05) is 32.4 Å². The third-order valence-corrected chi connectivity index (χ3v) is 4.87. The highest BCUT2D eigenvalue weighted by Crippen LogP contribution is 2.18. The van der Waals surface area contributed by atoms with E-state index in [1.165, 1.54) is 11.8 Å². The summed E-state index contributed by atoms with van der Waals surface area (Å²) in [4.78, 5) is 14.0. The molecule has 1 aromatic carbocycles. The predicted molar refractivity (Wildman–Crippen MR) is 103 cm³/mol. The van der Waals surface area contributed by atoms with Crippen molar-refractivity contribution in [1.82, 2.24) is 20.3 Å². The molecule has 1 amide bonds. The third kappa shape index (κ3) is 5.52. The van der Waals surface area contributed by atoms with Crippen LogP contribution < -0.4 is 0 Å². The van der Waals surface area contributed by atoms with Crippen molar-refractivity contribution in [1.29, 1.82) is 0 Å². The Labute approximate surface area is 164 Å². The van der Waals surface area contributed by atoms with Gasteiger partial charge < -0.3 is 13.8 Å². The van der Waals surface area contributed by atoms with Crippen molar-refractivity contribution in [2.24, 2.45) is 0 Å². The smallest absolute Gasteiger partial charge is 0.223 e. The minimum absolute atomic E-state index is 0.00175. The van der Waals surface area contributed by atoms with Gasteiger partial charge in [0.05, 0.1) is 6.04 Å². The lowest BCUT2D eigenvalue weighted by Gasteiger charge is -2.22. The van der Waals surface area contributed by atoms with E-state index in [1.807, 2.05) is 13.0 Å². The molecule has 0 bridgehead atoms. The van der Waals surface area contributed by atoms with Gasteiger partial charge in [0.15, 0.2) is 0 Å². The largest absolute Gasteiger partial charge is 0.425 e. The number of unbranched alkanes of at least 4 members (excludes halogenated alkanes) is 1. The highest BCUT2D eigenvalue weighted by molar-refractivity contribution is 5.76. The summed E-state index contributed by atoms with van der Waals surface area (Å²) in [5, 5.41) is 12.0. The van der Waals surface area contributed by atoms with Crippen molar-refractivity contribution < 1.29 is 13.7 Å². The molecule has 3 aromatic rings. The molecular formula is C21H26N4O3. The number of rotatable bonds is 10. The number of benzene rings is 1. The molecule has 0 N–H and O–H groups in total. The van der Waals surface area contributed by atoms with Crippen LogP contribution in [0.5, 0.6) is 0 Å². The lowest BCUT2D eigenvalue weighted by atomic mass is 10.1. The fourth-order valence-corrected chi connectivity index (χ4v) is 2.98. The van der Waals surface area contributed by atoms with E-state index in [2.05, 4.69) is 39.6 Å². The summed E-state index contributed by atoms with van der Waals surface area (Å²) in [6.07, 6.45) is 6.13. The molecule has 28 heavy (non-hydrogen) atoms. The molecule has 2 aromatic heterocycles. The topological polar surface area (TPSA) is 85.3 Å². The molecule has 0 radical (unpaired) electrons. The van der Waals surface area contributed by atoms with Gasteiger partial charge in [-0.25, -0.2) is 0 Å². The Bertz CT molecular complexity index is 846. The molecule has 2 heterocycles. The van der Waals surface area contributed by atoms with Crippen molar-refractivity contribution in [3.05, 3.63) is 65.7 Å². The first kappa shape index (κ1) is 19.8.